The van der Waals surface area contributed by atoms with Crippen molar-refractivity contribution in [3.63, 3.8) is 0 Å². The Morgan fingerprint density at radius 2 is 1.79 bits per heavy atom. The Hall–Kier alpha value is -3.28. The molecule has 2 N–H and O–H groups in total. The van der Waals surface area contributed by atoms with Crippen LogP contribution in [-0.4, -0.2) is 15.9 Å². The summed E-state index contributed by atoms with van der Waals surface area (Å²) >= 11 is 0. The quantitative estimate of drug-likeness (QED) is 0.755. The number of halogens is 1. The van der Waals surface area contributed by atoms with Crippen molar-refractivity contribution in [2.45, 2.75) is 6.54 Å². The number of anilines is 2. The van der Waals surface area contributed by atoms with Crippen LogP contribution in [0.1, 0.15) is 16.2 Å². The highest BCUT2D eigenvalue weighted by molar-refractivity contribution is 6.03. The van der Waals surface area contributed by atoms with E-state index in [9.17, 15) is 9.18 Å². The largest absolute Gasteiger partial charge is 0.379 e. The van der Waals surface area contributed by atoms with Crippen LogP contribution in [0.3, 0.4) is 0 Å². The summed E-state index contributed by atoms with van der Waals surface area (Å²) in [4.78, 5) is 20.5. The van der Waals surface area contributed by atoms with E-state index in [1.54, 1.807) is 24.5 Å². The highest BCUT2D eigenvalue weighted by atomic mass is 19.1. The molecule has 5 nitrogen and oxygen atoms in total. The van der Waals surface area contributed by atoms with E-state index < -0.39 is 0 Å². The third kappa shape index (κ3) is 4.13. The minimum Gasteiger partial charge on any atom is -0.379 e. The minimum atomic E-state index is -0.358. The number of carbonyl (C=O) groups excluding carboxylic acids is 1. The van der Waals surface area contributed by atoms with Crippen LogP contribution in [0.2, 0.25) is 0 Å². The Morgan fingerprint density at radius 3 is 2.54 bits per heavy atom. The second kappa shape index (κ2) is 7.32. The van der Waals surface area contributed by atoms with E-state index in [-0.39, 0.29) is 17.4 Å². The van der Waals surface area contributed by atoms with Crippen molar-refractivity contribution >= 4 is 17.3 Å². The predicted molar refractivity (Wildman–Crippen MR) is 90.2 cm³/mol. The van der Waals surface area contributed by atoms with Crippen molar-refractivity contribution < 1.29 is 9.18 Å². The van der Waals surface area contributed by atoms with Gasteiger partial charge in [-0.15, -0.1) is 0 Å². The van der Waals surface area contributed by atoms with Gasteiger partial charge in [0.05, 0.1) is 12.2 Å². The van der Waals surface area contributed by atoms with Crippen molar-refractivity contribution in [1.29, 1.82) is 0 Å². The number of carbonyl (C=O) groups is 1. The molecule has 0 aliphatic carbocycles. The zero-order valence-corrected chi connectivity index (χ0v) is 12.7. The Balaban J connectivity index is 1.65. The first kappa shape index (κ1) is 15.6. The minimum absolute atomic E-state index is 0.269. The number of nitrogens with zero attached hydrogens (tertiary/aromatic N) is 2. The number of rotatable bonds is 5. The number of aromatic nitrogens is 2. The summed E-state index contributed by atoms with van der Waals surface area (Å²) in [5, 5.41) is 5.87. The van der Waals surface area contributed by atoms with Gasteiger partial charge in [-0.3, -0.25) is 14.8 Å². The topological polar surface area (TPSA) is 66.9 Å². The Bertz CT molecular complexity index is 822. The van der Waals surface area contributed by atoms with Crippen molar-refractivity contribution in [2.75, 3.05) is 10.6 Å². The first-order valence-corrected chi connectivity index (χ1v) is 7.37. The summed E-state index contributed by atoms with van der Waals surface area (Å²) in [6.45, 7) is 0.546. The predicted octanol–water partition coefficient (Wildman–Crippen LogP) is 3.48. The molecule has 120 valence electrons. The SMILES string of the molecule is O=C(Nc1ccc(F)cc1)c1cc(NCc2ccccn2)ccn1. The van der Waals surface area contributed by atoms with Crippen molar-refractivity contribution in [1.82, 2.24) is 9.97 Å². The molecular formula is C18H15FN4O. The molecule has 1 amide bonds. The standard InChI is InChI=1S/C18H15FN4O/c19-13-4-6-14(7-5-13)23-18(24)17-11-15(8-10-21-17)22-12-16-3-1-2-9-20-16/h1-11H,12H2,(H,21,22)(H,23,24). The Labute approximate surface area is 138 Å². The number of benzene rings is 1. The summed E-state index contributed by atoms with van der Waals surface area (Å²) in [5.74, 6) is -0.713. The average molecular weight is 322 g/mol. The third-order valence-corrected chi connectivity index (χ3v) is 3.29. The van der Waals surface area contributed by atoms with Gasteiger partial charge >= 0.3 is 0 Å². The van der Waals surface area contributed by atoms with E-state index in [4.69, 9.17) is 0 Å². The van der Waals surface area contributed by atoms with Gasteiger partial charge in [0, 0.05) is 23.8 Å². The second-order valence-corrected chi connectivity index (χ2v) is 5.07. The summed E-state index contributed by atoms with van der Waals surface area (Å²) in [6.07, 6.45) is 3.28. The highest BCUT2D eigenvalue weighted by Crippen LogP contribution is 2.13. The first-order valence-electron chi connectivity index (χ1n) is 7.37. The van der Waals surface area contributed by atoms with Gasteiger partial charge in [0.1, 0.15) is 11.5 Å². The molecule has 1 aromatic carbocycles. The second-order valence-electron chi connectivity index (χ2n) is 5.07. The van der Waals surface area contributed by atoms with Gasteiger partial charge in [-0.1, -0.05) is 6.07 Å². The number of hydrogen-bond acceptors (Lipinski definition) is 4. The molecular weight excluding hydrogens is 307 g/mol. The molecule has 0 saturated carbocycles. The van der Waals surface area contributed by atoms with E-state index in [1.165, 1.54) is 24.3 Å². The molecule has 24 heavy (non-hydrogen) atoms. The van der Waals surface area contributed by atoms with Crippen LogP contribution in [0, 0.1) is 5.82 Å². The highest BCUT2D eigenvalue weighted by Gasteiger charge is 2.08. The lowest BCUT2D eigenvalue weighted by Gasteiger charge is -2.08. The number of hydrogen-bond donors (Lipinski definition) is 2. The fourth-order valence-corrected chi connectivity index (χ4v) is 2.09. The lowest BCUT2D eigenvalue weighted by Crippen LogP contribution is -2.14. The molecule has 0 atom stereocenters. The molecule has 0 radical (unpaired) electrons. The zero-order valence-electron chi connectivity index (χ0n) is 12.7. The Morgan fingerprint density at radius 1 is 0.958 bits per heavy atom. The molecule has 0 aliphatic heterocycles. The number of pyridine rings is 2. The van der Waals surface area contributed by atoms with Gasteiger partial charge in [0.2, 0.25) is 0 Å². The first-order chi connectivity index (χ1) is 11.7. The maximum Gasteiger partial charge on any atom is 0.274 e. The van der Waals surface area contributed by atoms with Crippen LogP contribution in [0.5, 0.6) is 0 Å². The Kier molecular flexibility index (Phi) is 4.76. The molecule has 2 aromatic heterocycles. The fourth-order valence-electron chi connectivity index (χ4n) is 2.09. The van der Waals surface area contributed by atoms with E-state index in [0.717, 1.165) is 11.4 Å². The van der Waals surface area contributed by atoms with E-state index in [1.807, 2.05) is 18.2 Å². The van der Waals surface area contributed by atoms with Gasteiger partial charge in [-0.25, -0.2) is 4.39 Å². The maximum atomic E-state index is 12.9. The van der Waals surface area contributed by atoms with E-state index >= 15 is 0 Å². The summed E-state index contributed by atoms with van der Waals surface area (Å²) in [6, 6.07) is 14.7. The summed E-state index contributed by atoms with van der Waals surface area (Å²) in [5.41, 5.74) is 2.44. The number of amides is 1. The van der Waals surface area contributed by atoms with Gasteiger partial charge in [-0.05, 0) is 48.5 Å². The van der Waals surface area contributed by atoms with Crippen molar-refractivity contribution in [3.05, 3.63) is 84.2 Å². The molecule has 0 aliphatic rings. The molecule has 0 fully saturated rings. The van der Waals surface area contributed by atoms with Crippen LogP contribution in [-0.2, 0) is 6.54 Å². The monoisotopic (exact) mass is 322 g/mol. The summed E-state index contributed by atoms with van der Waals surface area (Å²) < 4.78 is 12.9. The molecule has 0 spiro atoms. The van der Waals surface area contributed by atoms with Crippen LogP contribution in [0.15, 0.2) is 67.0 Å². The molecule has 0 unspecified atom stereocenters. The molecule has 2 heterocycles. The lowest BCUT2D eigenvalue weighted by molar-refractivity contribution is 0.102. The molecule has 3 rings (SSSR count). The van der Waals surface area contributed by atoms with Gasteiger partial charge in [0.25, 0.3) is 5.91 Å². The van der Waals surface area contributed by atoms with Crippen LogP contribution >= 0.6 is 0 Å². The van der Waals surface area contributed by atoms with Crippen LogP contribution in [0.25, 0.3) is 0 Å². The maximum absolute atomic E-state index is 12.9. The summed E-state index contributed by atoms with van der Waals surface area (Å²) in [7, 11) is 0. The normalized spacial score (nSPS) is 10.2. The van der Waals surface area contributed by atoms with Crippen LogP contribution < -0.4 is 10.6 Å². The molecule has 6 heteroatoms. The smallest absolute Gasteiger partial charge is 0.274 e. The fraction of sp³-hybridized carbons (Fsp3) is 0.0556. The number of nitrogens with one attached hydrogen (secondary N) is 2. The molecule has 3 aromatic rings. The molecule has 0 bridgehead atoms. The van der Waals surface area contributed by atoms with E-state index in [2.05, 4.69) is 20.6 Å². The van der Waals surface area contributed by atoms with E-state index in [0.29, 0.717) is 12.2 Å². The molecule has 0 saturated heterocycles. The van der Waals surface area contributed by atoms with Crippen molar-refractivity contribution in [2.24, 2.45) is 0 Å². The van der Waals surface area contributed by atoms with Crippen LogP contribution in [0.4, 0.5) is 15.8 Å². The van der Waals surface area contributed by atoms with Crippen molar-refractivity contribution in [3.8, 4) is 0 Å². The lowest BCUT2D eigenvalue weighted by atomic mass is 10.2. The third-order valence-electron chi connectivity index (χ3n) is 3.29. The van der Waals surface area contributed by atoms with Gasteiger partial charge < -0.3 is 10.6 Å². The van der Waals surface area contributed by atoms with Gasteiger partial charge in [-0.2, -0.15) is 0 Å². The average Bonchev–Trinajstić information content (AvgIpc) is 2.63. The zero-order chi connectivity index (χ0) is 16.8. The van der Waals surface area contributed by atoms with Gasteiger partial charge in [0.15, 0.2) is 0 Å².